The molecule has 2 aromatic rings. The molecule has 2 aromatic heterocycles. The number of rotatable bonds is 5. The Hall–Kier alpha value is -0.710. The van der Waals surface area contributed by atoms with Gasteiger partial charge < -0.3 is 5.32 Å². The molecule has 2 heterocycles. The van der Waals surface area contributed by atoms with Crippen LogP contribution in [-0.4, -0.2) is 4.98 Å². The lowest BCUT2D eigenvalue weighted by atomic mass is 10.2. The van der Waals surface area contributed by atoms with Crippen LogP contribution < -0.4 is 5.32 Å². The third-order valence-corrected chi connectivity index (χ3v) is 4.37. The van der Waals surface area contributed by atoms with Crippen LogP contribution in [0.2, 0.25) is 0 Å². The van der Waals surface area contributed by atoms with Gasteiger partial charge in [-0.2, -0.15) is 0 Å². The largest absolute Gasteiger partial charge is 0.303 e. The minimum Gasteiger partial charge on any atom is -0.303 e. The van der Waals surface area contributed by atoms with Crippen molar-refractivity contribution in [3.63, 3.8) is 0 Å². The topological polar surface area (TPSA) is 24.9 Å². The van der Waals surface area contributed by atoms with Gasteiger partial charge in [-0.1, -0.05) is 6.92 Å². The summed E-state index contributed by atoms with van der Waals surface area (Å²) in [6, 6.07) is 4.76. The highest BCUT2D eigenvalue weighted by atomic mass is 32.1. The molecule has 1 atom stereocenters. The first kappa shape index (κ1) is 11.8. The highest BCUT2D eigenvalue weighted by Gasteiger charge is 2.11. The van der Waals surface area contributed by atoms with E-state index in [1.54, 1.807) is 11.3 Å². The number of hydrogen-bond acceptors (Lipinski definition) is 4. The van der Waals surface area contributed by atoms with Gasteiger partial charge in [0.25, 0.3) is 0 Å². The molecule has 0 aromatic carbocycles. The predicted molar refractivity (Wildman–Crippen MR) is 71.0 cm³/mol. The van der Waals surface area contributed by atoms with Crippen LogP contribution in [0.15, 0.2) is 23.7 Å². The van der Waals surface area contributed by atoms with E-state index in [1.807, 2.05) is 22.9 Å². The van der Waals surface area contributed by atoms with Crippen LogP contribution in [0, 0.1) is 6.92 Å². The average Bonchev–Trinajstić information content (AvgIpc) is 2.91. The van der Waals surface area contributed by atoms with Gasteiger partial charge >= 0.3 is 0 Å². The van der Waals surface area contributed by atoms with Crippen molar-refractivity contribution >= 4 is 22.7 Å². The van der Waals surface area contributed by atoms with E-state index < -0.39 is 0 Å². The third kappa shape index (κ3) is 2.90. The number of aromatic nitrogens is 1. The van der Waals surface area contributed by atoms with Crippen molar-refractivity contribution in [2.75, 3.05) is 0 Å². The molecule has 1 N–H and O–H groups in total. The van der Waals surface area contributed by atoms with Crippen LogP contribution in [0.5, 0.6) is 0 Å². The molecule has 0 radical (unpaired) electrons. The Morgan fingerprint density at radius 3 is 2.88 bits per heavy atom. The molecule has 86 valence electrons. The minimum absolute atomic E-state index is 0.391. The van der Waals surface area contributed by atoms with Crippen molar-refractivity contribution in [2.45, 2.75) is 32.9 Å². The highest BCUT2D eigenvalue weighted by molar-refractivity contribution is 7.11. The number of nitrogens with one attached hydrogen (secondary N) is 1. The fraction of sp³-hybridized carbons (Fsp3) is 0.417. The Bertz CT molecular complexity index is 420. The molecule has 1 unspecified atom stereocenters. The lowest BCUT2D eigenvalue weighted by molar-refractivity contribution is 0.519. The summed E-state index contributed by atoms with van der Waals surface area (Å²) in [5, 5.41) is 6.79. The van der Waals surface area contributed by atoms with Gasteiger partial charge in [0, 0.05) is 27.9 Å². The molecule has 2 nitrogen and oxygen atoms in total. The van der Waals surface area contributed by atoms with E-state index in [1.165, 1.54) is 14.8 Å². The van der Waals surface area contributed by atoms with Gasteiger partial charge in [0.05, 0.1) is 6.04 Å². The van der Waals surface area contributed by atoms with Gasteiger partial charge in [0.2, 0.25) is 0 Å². The van der Waals surface area contributed by atoms with Crippen LogP contribution >= 0.6 is 22.7 Å². The molecule has 0 aliphatic heterocycles. The van der Waals surface area contributed by atoms with E-state index in [0.29, 0.717) is 6.04 Å². The summed E-state index contributed by atoms with van der Waals surface area (Å²) in [6.07, 6.45) is 2.96. The number of thiophene rings is 1. The van der Waals surface area contributed by atoms with Crippen molar-refractivity contribution in [3.05, 3.63) is 38.5 Å². The zero-order valence-corrected chi connectivity index (χ0v) is 11.2. The van der Waals surface area contributed by atoms with Crippen molar-refractivity contribution in [3.8, 4) is 0 Å². The molecule has 0 saturated carbocycles. The van der Waals surface area contributed by atoms with Gasteiger partial charge in [-0.05, 0) is 25.5 Å². The maximum atomic E-state index is 4.36. The summed E-state index contributed by atoms with van der Waals surface area (Å²) in [7, 11) is 0. The molecule has 0 aliphatic carbocycles. The molecule has 2 rings (SSSR count). The first-order valence-corrected chi connectivity index (χ1v) is 7.17. The van der Waals surface area contributed by atoms with E-state index in [-0.39, 0.29) is 0 Å². The Balaban J connectivity index is 1.93. The third-order valence-electron chi connectivity index (χ3n) is 2.48. The van der Waals surface area contributed by atoms with E-state index >= 15 is 0 Å². The Labute approximate surface area is 104 Å². The lowest BCUT2D eigenvalue weighted by Crippen LogP contribution is -2.19. The second-order valence-corrected chi connectivity index (χ2v) is 6.02. The van der Waals surface area contributed by atoms with Gasteiger partial charge in [-0.15, -0.1) is 22.7 Å². The molecule has 4 heteroatoms. The molecular weight excluding hydrogens is 236 g/mol. The minimum atomic E-state index is 0.391. The molecule has 0 spiro atoms. The second-order valence-electron chi connectivity index (χ2n) is 3.72. The summed E-state index contributed by atoms with van der Waals surface area (Å²) in [5.41, 5.74) is 0. The van der Waals surface area contributed by atoms with Gasteiger partial charge in [-0.3, -0.25) is 0 Å². The second kappa shape index (κ2) is 5.57. The highest BCUT2D eigenvalue weighted by Crippen LogP contribution is 2.21. The van der Waals surface area contributed by atoms with Crippen LogP contribution in [-0.2, 0) is 6.54 Å². The lowest BCUT2D eigenvalue weighted by Gasteiger charge is -2.13. The smallest absolute Gasteiger partial charge is 0.109 e. The van der Waals surface area contributed by atoms with Crippen LogP contribution in [0.3, 0.4) is 0 Å². The monoisotopic (exact) mass is 252 g/mol. The first-order valence-electron chi connectivity index (χ1n) is 5.47. The quantitative estimate of drug-likeness (QED) is 0.876. The fourth-order valence-corrected chi connectivity index (χ4v) is 3.26. The SMILES string of the molecule is CCC(NCc1ccc(C)s1)c1nccs1. The number of nitrogens with zero attached hydrogens (tertiary/aromatic N) is 1. The van der Waals surface area contributed by atoms with Gasteiger partial charge in [0.1, 0.15) is 5.01 Å². The average molecular weight is 252 g/mol. The Morgan fingerprint density at radius 2 is 2.31 bits per heavy atom. The summed E-state index contributed by atoms with van der Waals surface area (Å²) in [4.78, 5) is 7.13. The molecule has 16 heavy (non-hydrogen) atoms. The normalized spacial score (nSPS) is 12.9. The van der Waals surface area contributed by atoms with E-state index in [4.69, 9.17) is 0 Å². The number of thiazole rings is 1. The van der Waals surface area contributed by atoms with Crippen LogP contribution in [0.4, 0.5) is 0 Å². The predicted octanol–water partition coefficient (Wildman–Crippen LogP) is 3.75. The number of aryl methyl sites for hydroxylation is 1. The Morgan fingerprint density at radius 1 is 1.44 bits per heavy atom. The molecule has 0 aliphatic rings. The maximum absolute atomic E-state index is 4.36. The first-order chi connectivity index (χ1) is 7.79. The van der Waals surface area contributed by atoms with Crippen molar-refractivity contribution < 1.29 is 0 Å². The molecule has 0 saturated heterocycles. The van der Waals surface area contributed by atoms with Crippen LogP contribution in [0.1, 0.15) is 34.1 Å². The van der Waals surface area contributed by atoms with Gasteiger partial charge in [-0.25, -0.2) is 4.98 Å². The van der Waals surface area contributed by atoms with Gasteiger partial charge in [0.15, 0.2) is 0 Å². The fourth-order valence-electron chi connectivity index (χ4n) is 1.62. The van der Waals surface area contributed by atoms with E-state index in [9.17, 15) is 0 Å². The van der Waals surface area contributed by atoms with Crippen LogP contribution in [0.25, 0.3) is 0 Å². The summed E-state index contributed by atoms with van der Waals surface area (Å²) < 4.78 is 0. The van der Waals surface area contributed by atoms with Crippen molar-refractivity contribution in [1.82, 2.24) is 10.3 Å². The van der Waals surface area contributed by atoms with E-state index in [2.05, 4.69) is 36.3 Å². The molecular formula is C12H16N2S2. The number of hydrogen-bond donors (Lipinski definition) is 1. The maximum Gasteiger partial charge on any atom is 0.109 e. The molecule has 0 bridgehead atoms. The summed E-state index contributed by atoms with van der Waals surface area (Å²) in [6.45, 7) is 5.28. The summed E-state index contributed by atoms with van der Waals surface area (Å²) >= 11 is 3.58. The van der Waals surface area contributed by atoms with E-state index in [0.717, 1.165) is 13.0 Å². The zero-order valence-electron chi connectivity index (χ0n) is 9.56. The molecule has 0 amide bonds. The summed E-state index contributed by atoms with van der Waals surface area (Å²) in [5.74, 6) is 0. The molecule has 0 fully saturated rings. The van der Waals surface area contributed by atoms with Crippen molar-refractivity contribution in [2.24, 2.45) is 0 Å². The Kier molecular flexibility index (Phi) is 4.09. The standard InChI is InChI=1S/C12H16N2S2/c1-3-11(12-13-6-7-15-12)14-8-10-5-4-9(2)16-10/h4-7,11,14H,3,8H2,1-2H3. The zero-order chi connectivity index (χ0) is 11.4. The van der Waals surface area contributed by atoms with Crippen molar-refractivity contribution in [1.29, 1.82) is 0 Å².